The van der Waals surface area contributed by atoms with E-state index in [1.54, 1.807) is 13.0 Å². The third-order valence-corrected chi connectivity index (χ3v) is 4.95. The van der Waals surface area contributed by atoms with Gasteiger partial charge in [-0.3, -0.25) is 4.72 Å². The Morgan fingerprint density at radius 1 is 1.20 bits per heavy atom. The third-order valence-electron chi connectivity index (χ3n) is 3.20. The molecule has 0 aromatic heterocycles. The fourth-order valence-electron chi connectivity index (χ4n) is 1.82. The summed E-state index contributed by atoms with van der Waals surface area (Å²) in [6.45, 7) is 9.25. The van der Waals surface area contributed by atoms with Gasteiger partial charge in [0.05, 0.1) is 5.25 Å². The zero-order valence-corrected chi connectivity index (χ0v) is 13.6. The second-order valence-corrected chi connectivity index (χ2v) is 7.54. The molecule has 0 aliphatic carbocycles. The first-order chi connectivity index (χ1) is 9.36. The second-order valence-electron chi connectivity index (χ2n) is 5.44. The minimum absolute atomic E-state index is 0.378. The van der Waals surface area contributed by atoms with Crippen molar-refractivity contribution in [3.8, 4) is 0 Å². The van der Waals surface area contributed by atoms with E-state index in [4.69, 9.17) is 0 Å². The molecule has 5 heteroatoms. The van der Waals surface area contributed by atoms with E-state index in [1.807, 2.05) is 18.2 Å². The molecule has 4 nitrogen and oxygen atoms in total. The van der Waals surface area contributed by atoms with Gasteiger partial charge in [0.15, 0.2) is 0 Å². The van der Waals surface area contributed by atoms with Crippen LogP contribution in [0.5, 0.6) is 0 Å². The van der Waals surface area contributed by atoms with Gasteiger partial charge in [0.2, 0.25) is 10.0 Å². The van der Waals surface area contributed by atoms with Crippen LogP contribution in [0.1, 0.15) is 45.6 Å². The zero-order chi connectivity index (χ0) is 15.2. The lowest BCUT2D eigenvalue weighted by molar-refractivity contribution is 0.576. The number of hydrogen-bond acceptors (Lipinski definition) is 3. The van der Waals surface area contributed by atoms with E-state index in [-0.39, 0.29) is 0 Å². The average molecular weight is 298 g/mol. The second kappa shape index (κ2) is 7.64. The fourth-order valence-corrected chi connectivity index (χ4v) is 2.81. The van der Waals surface area contributed by atoms with Crippen LogP contribution in [0.3, 0.4) is 0 Å². The van der Waals surface area contributed by atoms with Gasteiger partial charge in [-0.15, -0.1) is 0 Å². The van der Waals surface area contributed by atoms with Crippen LogP contribution in [0.25, 0.3) is 0 Å². The number of hydrogen-bond donors (Lipinski definition) is 2. The van der Waals surface area contributed by atoms with Crippen LogP contribution in [0.15, 0.2) is 24.3 Å². The van der Waals surface area contributed by atoms with Crippen molar-refractivity contribution in [3.05, 3.63) is 29.8 Å². The SMILES string of the molecule is CCCNCC(C)S(=O)(=O)Nc1cccc(C(C)C)c1. The molecule has 0 radical (unpaired) electrons. The fraction of sp³-hybridized carbons (Fsp3) is 0.600. The molecule has 114 valence electrons. The van der Waals surface area contributed by atoms with Gasteiger partial charge in [-0.25, -0.2) is 8.42 Å². The lowest BCUT2D eigenvalue weighted by Gasteiger charge is -2.16. The quantitative estimate of drug-likeness (QED) is 0.725. The normalized spacial score (nSPS) is 13.4. The summed E-state index contributed by atoms with van der Waals surface area (Å²) in [5.74, 6) is 0.378. The number of nitrogens with one attached hydrogen (secondary N) is 2. The van der Waals surface area contributed by atoms with E-state index in [1.165, 1.54) is 0 Å². The maximum atomic E-state index is 12.2. The highest BCUT2D eigenvalue weighted by Crippen LogP contribution is 2.20. The highest BCUT2D eigenvalue weighted by atomic mass is 32.2. The van der Waals surface area contributed by atoms with Gasteiger partial charge in [0, 0.05) is 12.2 Å². The van der Waals surface area contributed by atoms with Gasteiger partial charge in [-0.2, -0.15) is 0 Å². The largest absolute Gasteiger partial charge is 0.315 e. The highest BCUT2D eigenvalue weighted by molar-refractivity contribution is 7.93. The summed E-state index contributed by atoms with van der Waals surface area (Å²) >= 11 is 0. The molecule has 1 aromatic carbocycles. The van der Waals surface area contributed by atoms with Crippen molar-refractivity contribution in [2.75, 3.05) is 17.8 Å². The molecular weight excluding hydrogens is 272 g/mol. The monoisotopic (exact) mass is 298 g/mol. The van der Waals surface area contributed by atoms with E-state index < -0.39 is 15.3 Å². The molecule has 1 atom stereocenters. The summed E-state index contributed by atoms with van der Waals surface area (Å²) in [6.07, 6.45) is 0.997. The smallest absolute Gasteiger partial charge is 0.236 e. The van der Waals surface area contributed by atoms with Crippen LogP contribution in [0.2, 0.25) is 0 Å². The Morgan fingerprint density at radius 2 is 1.90 bits per heavy atom. The molecule has 2 N–H and O–H groups in total. The van der Waals surface area contributed by atoms with Crippen LogP contribution < -0.4 is 10.0 Å². The maximum Gasteiger partial charge on any atom is 0.236 e. The first-order valence-corrected chi connectivity index (χ1v) is 8.73. The van der Waals surface area contributed by atoms with Crippen LogP contribution in [0, 0.1) is 0 Å². The van der Waals surface area contributed by atoms with E-state index in [9.17, 15) is 8.42 Å². The van der Waals surface area contributed by atoms with Crippen molar-refractivity contribution in [3.63, 3.8) is 0 Å². The molecule has 0 aliphatic rings. The van der Waals surface area contributed by atoms with E-state index >= 15 is 0 Å². The molecule has 0 amide bonds. The molecular formula is C15H26N2O2S. The third kappa shape index (κ3) is 5.13. The van der Waals surface area contributed by atoms with Crippen molar-refractivity contribution in [1.29, 1.82) is 0 Å². The van der Waals surface area contributed by atoms with Gasteiger partial charge < -0.3 is 5.32 Å². The first-order valence-electron chi connectivity index (χ1n) is 7.19. The standard InChI is InChI=1S/C15H26N2O2S/c1-5-9-16-11-13(4)20(18,19)17-15-8-6-7-14(10-15)12(2)3/h6-8,10,12-13,16-17H,5,9,11H2,1-4H3. The molecule has 20 heavy (non-hydrogen) atoms. The van der Waals surface area contributed by atoms with E-state index in [2.05, 4.69) is 30.8 Å². The van der Waals surface area contributed by atoms with Crippen molar-refractivity contribution in [2.24, 2.45) is 0 Å². The molecule has 0 saturated heterocycles. The molecule has 1 rings (SSSR count). The molecule has 0 heterocycles. The number of anilines is 1. The summed E-state index contributed by atoms with van der Waals surface area (Å²) < 4.78 is 27.1. The van der Waals surface area contributed by atoms with Gasteiger partial charge in [-0.1, -0.05) is 32.9 Å². The Bertz CT molecular complexity index is 512. The number of benzene rings is 1. The summed E-state index contributed by atoms with van der Waals surface area (Å²) in [5, 5.41) is 2.68. The minimum atomic E-state index is -3.35. The van der Waals surface area contributed by atoms with Gasteiger partial charge in [0.25, 0.3) is 0 Å². The van der Waals surface area contributed by atoms with Crippen LogP contribution in [-0.4, -0.2) is 26.8 Å². The number of sulfonamides is 1. The first kappa shape index (κ1) is 17.0. The van der Waals surface area contributed by atoms with Gasteiger partial charge >= 0.3 is 0 Å². The van der Waals surface area contributed by atoms with Crippen LogP contribution >= 0.6 is 0 Å². The lowest BCUT2D eigenvalue weighted by atomic mass is 10.0. The Hall–Kier alpha value is -1.07. The van der Waals surface area contributed by atoms with Crippen molar-refractivity contribution in [2.45, 2.75) is 45.3 Å². The Morgan fingerprint density at radius 3 is 2.50 bits per heavy atom. The summed E-state index contributed by atoms with van der Waals surface area (Å²) in [6, 6.07) is 7.58. The minimum Gasteiger partial charge on any atom is -0.315 e. The van der Waals surface area contributed by atoms with Crippen molar-refractivity contribution < 1.29 is 8.42 Å². The zero-order valence-electron chi connectivity index (χ0n) is 12.8. The summed E-state index contributed by atoms with van der Waals surface area (Å²) in [5.41, 5.74) is 1.76. The topological polar surface area (TPSA) is 58.2 Å². The summed E-state index contributed by atoms with van der Waals surface area (Å²) in [4.78, 5) is 0. The van der Waals surface area contributed by atoms with Crippen LogP contribution in [0.4, 0.5) is 5.69 Å². The van der Waals surface area contributed by atoms with Gasteiger partial charge in [0.1, 0.15) is 0 Å². The van der Waals surface area contributed by atoms with Crippen molar-refractivity contribution >= 4 is 15.7 Å². The molecule has 1 unspecified atom stereocenters. The Kier molecular flexibility index (Phi) is 6.49. The predicted molar refractivity (Wildman–Crippen MR) is 85.7 cm³/mol. The lowest BCUT2D eigenvalue weighted by Crippen LogP contribution is -2.35. The highest BCUT2D eigenvalue weighted by Gasteiger charge is 2.20. The van der Waals surface area contributed by atoms with E-state index in [0.29, 0.717) is 18.2 Å². The molecule has 0 saturated carbocycles. The van der Waals surface area contributed by atoms with E-state index in [0.717, 1.165) is 18.5 Å². The molecule has 0 spiro atoms. The molecule has 1 aromatic rings. The van der Waals surface area contributed by atoms with Gasteiger partial charge in [-0.05, 0) is 43.5 Å². The predicted octanol–water partition coefficient (Wildman–Crippen LogP) is 2.94. The molecule has 0 bridgehead atoms. The molecule has 0 fully saturated rings. The van der Waals surface area contributed by atoms with Crippen LogP contribution in [-0.2, 0) is 10.0 Å². The Balaban J connectivity index is 2.72. The van der Waals surface area contributed by atoms with Crippen molar-refractivity contribution in [1.82, 2.24) is 5.32 Å². The number of rotatable bonds is 8. The average Bonchev–Trinajstić information content (AvgIpc) is 2.38. The summed E-state index contributed by atoms with van der Waals surface area (Å²) in [7, 11) is -3.35. The molecule has 0 aliphatic heterocycles. The maximum absolute atomic E-state index is 12.2. The Labute approximate surface area is 123 Å².